The number of ketones is 1. The van der Waals surface area contributed by atoms with Gasteiger partial charge >= 0.3 is 6.03 Å². The molecule has 0 spiro atoms. The number of nitrogens with zero attached hydrogens (tertiary/aromatic N) is 1. The van der Waals surface area contributed by atoms with Crippen LogP contribution in [0.2, 0.25) is 5.02 Å². The van der Waals surface area contributed by atoms with Crippen LogP contribution in [-0.2, 0) is 6.42 Å². The summed E-state index contributed by atoms with van der Waals surface area (Å²) in [6, 6.07) is 12.4. The van der Waals surface area contributed by atoms with Gasteiger partial charge in [0.15, 0.2) is 5.78 Å². The molecule has 2 aromatic carbocycles. The molecule has 0 atom stereocenters. The van der Waals surface area contributed by atoms with Crippen LogP contribution in [0.3, 0.4) is 0 Å². The Bertz CT molecular complexity index is 773. The summed E-state index contributed by atoms with van der Waals surface area (Å²) in [5.41, 5.74) is 3.16. The zero-order chi connectivity index (χ0) is 16.4. The number of hydrogen-bond donors (Lipinski definition) is 1. The van der Waals surface area contributed by atoms with Crippen molar-refractivity contribution in [3.05, 3.63) is 58.6 Å². The minimum absolute atomic E-state index is 0.00595. The van der Waals surface area contributed by atoms with E-state index in [2.05, 4.69) is 5.32 Å². The molecule has 1 aliphatic rings. The molecule has 1 aliphatic heterocycles. The average molecular weight is 329 g/mol. The molecule has 0 saturated carbocycles. The normalized spacial score (nSPS) is 13.4. The maximum atomic E-state index is 12.6. The number of anilines is 2. The lowest BCUT2D eigenvalue weighted by Crippen LogP contribution is -2.38. The summed E-state index contributed by atoms with van der Waals surface area (Å²) >= 11 is 5.95. The van der Waals surface area contributed by atoms with E-state index in [0.717, 1.165) is 24.1 Å². The first kappa shape index (κ1) is 15.6. The Kier molecular flexibility index (Phi) is 4.35. The molecule has 4 nitrogen and oxygen atoms in total. The number of carbonyl (C=O) groups excluding carboxylic acids is 2. The standard InChI is InChI=1S/C18H17ClN2O2/c1-12(22)14-8-7-13-4-3-9-21(17(13)10-14)18(23)20-16-6-2-5-15(19)11-16/h2,5-8,10-11H,3-4,9H2,1H3,(H,20,23). The Morgan fingerprint density at radius 1 is 1.17 bits per heavy atom. The second-order valence-corrected chi connectivity index (χ2v) is 6.03. The highest BCUT2D eigenvalue weighted by Gasteiger charge is 2.23. The van der Waals surface area contributed by atoms with Crippen molar-refractivity contribution in [2.24, 2.45) is 0 Å². The first-order valence-corrected chi connectivity index (χ1v) is 7.90. The number of benzene rings is 2. The fraction of sp³-hybridized carbons (Fsp3) is 0.222. The zero-order valence-electron chi connectivity index (χ0n) is 12.8. The first-order chi connectivity index (χ1) is 11.0. The molecule has 2 amide bonds. The maximum absolute atomic E-state index is 12.6. The van der Waals surface area contributed by atoms with Crippen LogP contribution >= 0.6 is 11.6 Å². The predicted octanol–water partition coefficient (Wildman–Crippen LogP) is 4.53. The summed E-state index contributed by atoms with van der Waals surface area (Å²) in [4.78, 5) is 25.9. The van der Waals surface area contributed by atoms with Gasteiger partial charge in [0.1, 0.15) is 0 Å². The number of amides is 2. The molecule has 0 fully saturated rings. The van der Waals surface area contributed by atoms with Crippen LogP contribution in [0.5, 0.6) is 0 Å². The van der Waals surface area contributed by atoms with Crippen molar-refractivity contribution in [1.29, 1.82) is 0 Å². The van der Waals surface area contributed by atoms with Crippen LogP contribution < -0.4 is 10.2 Å². The largest absolute Gasteiger partial charge is 0.326 e. The van der Waals surface area contributed by atoms with E-state index in [1.165, 1.54) is 6.92 Å². The van der Waals surface area contributed by atoms with E-state index >= 15 is 0 Å². The zero-order valence-corrected chi connectivity index (χ0v) is 13.6. The van der Waals surface area contributed by atoms with Crippen molar-refractivity contribution < 1.29 is 9.59 Å². The molecule has 3 rings (SSSR count). The number of urea groups is 1. The van der Waals surface area contributed by atoms with Crippen LogP contribution in [0.1, 0.15) is 29.3 Å². The second kappa shape index (κ2) is 6.42. The summed E-state index contributed by atoms with van der Waals surface area (Å²) < 4.78 is 0. The number of nitrogens with one attached hydrogen (secondary N) is 1. The topological polar surface area (TPSA) is 49.4 Å². The third-order valence-corrected chi connectivity index (χ3v) is 4.17. The van der Waals surface area contributed by atoms with Crippen LogP contribution in [-0.4, -0.2) is 18.4 Å². The van der Waals surface area contributed by atoms with Gasteiger partial charge in [0.05, 0.1) is 0 Å². The van der Waals surface area contributed by atoms with E-state index in [4.69, 9.17) is 11.6 Å². The lowest BCUT2D eigenvalue weighted by Gasteiger charge is -2.30. The van der Waals surface area contributed by atoms with Gasteiger partial charge in [-0.2, -0.15) is 0 Å². The minimum atomic E-state index is -0.214. The van der Waals surface area contributed by atoms with Gasteiger partial charge in [-0.1, -0.05) is 29.8 Å². The Labute approximate surface area is 140 Å². The van der Waals surface area contributed by atoms with Crippen molar-refractivity contribution in [1.82, 2.24) is 0 Å². The van der Waals surface area contributed by atoms with Crippen molar-refractivity contribution in [2.45, 2.75) is 19.8 Å². The fourth-order valence-electron chi connectivity index (χ4n) is 2.76. The summed E-state index contributed by atoms with van der Waals surface area (Å²) in [5.74, 6) is -0.00595. The number of hydrogen-bond acceptors (Lipinski definition) is 2. The first-order valence-electron chi connectivity index (χ1n) is 7.52. The average Bonchev–Trinajstić information content (AvgIpc) is 2.53. The molecule has 5 heteroatoms. The molecular weight excluding hydrogens is 312 g/mol. The van der Waals surface area contributed by atoms with Crippen molar-refractivity contribution in [3.63, 3.8) is 0 Å². The number of halogens is 1. The van der Waals surface area contributed by atoms with E-state index in [-0.39, 0.29) is 11.8 Å². The van der Waals surface area contributed by atoms with Gasteiger partial charge in [0.2, 0.25) is 0 Å². The van der Waals surface area contributed by atoms with Gasteiger partial charge in [-0.05, 0) is 49.6 Å². The van der Waals surface area contributed by atoms with E-state index in [9.17, 15) is 9.59 Å². The van der Waals surface area contributed by atoms with E-state index < -0.39 is 0 Å². The molecule has 0 bridgehead atoms. The quantitative estimate of drug-likeness (QED) is 0.823. The SMILES string of the molecule is CC(=O)c1ccc2c(c1)N(C(=O)Nc1cccc(Cl)c1)CCC2. The molecule has 23 heavy (non-hydrogen) atoms. The van der Waals surface area contributed by atoms with Crippen molar-refractivity contribution in [3.8, 4) is 0 Å². The molecule has 0 saturated heterocycles. The van der Waals surface area contributed by atoms with Crippen LogP contribution in [0.25, 0.3) is 0 Å². The van der Waals surface area contributed by atoms with Gasteiger partial charge in [0.25, 0.3) is 0 Å². The number of Topliss-reactive ketones (excluding diaryl/α,β-unsaturated/α-hetero) is 1. The molecule has 0 radical (unpaired) electrons. The number of aryl methyl sites for hydroxylation is 1. The summed E-state index contributed by atoms with van der Waals surface area (Å²) in [6.45, 7) is 2.15. The highest BCUT2D eigenvalue weighted by Crippen LogP contribution is 2.29. The van der Waals surface area contributed by atoms with E-state index in [1.54, 1.807) is 35.2 Å². The van der Waals surface area contributed by atoms with Gasteiger partial charge in [0, 0.05) is 28.5 Å². The van der Waals surface area contributed by atoms with E-state index in [0.29, 0.717) is 22.8 Å². The molecule has 118 valence electrons. The van der Waals surface area contributed by atoms with Gasteiger partial charge in [-0.25, -0.2) is 4.79 Å². The third kappa shape index (κ3) is 3.37. The smallest absolute Gasteiger partial charge is 0.307 e. The number of rotatable bonds is 2. The number of carbonyl (C=O) groups is 2. The monoisotopic (exact) mass is 328 g/mol. The Morgan fingerprint density at radius 3 is 2.74 bits per heavy atom. The predicted molar refractivity (Wildman–Crippen MR) is 92.6 cm³/mol. The van der Waals surface area contributed by atoms with Crippen LogP contribution in [0.15, 0.2) is 42.5 Å². The number of fused-ring (bicyclic) bond motifs is 1. The van der Waals surface area contributed by atoms with Crippen LogP contribution in [0, 0.1) is 0 Å². The summed E-state index contributed by atoms with van der Waals surface area (Å²) in [5, 5.41) is 3.43. The van der Waals surface area contributed by atoms with Crippen molar-refractivity contribution in [2.75, 3.05) is 16.8 Å². The molecule has 2 aromatic rings. The molecule has 1 N–H and O–H groups in total. The second-order valence-electron chi connectivity index (χ2n) is 5.60. The summed E-state index contributed by atoms with van der Waals surface area (Å²) in [7, 11) is 0. The fourth-order valence-corrected chi connectivity index (χ4v) is 2.95. The summed E-state index contributed by atoms with van der Waals surface area (Å²) in [6.07, 6.45) is 1.81. The lowest BCUT2D eigenvalue weighted by molar-refractivity contribution is 0.101. The Hall–Kier alpha value is -2.33. The minimum Gasteiger partial charge on any atom is -0.307 e. The van der Waals surface area contributed by atoms with Gasteiger partial charge in [-0.3, -0.25) is 9.69 Å². The molecule has 1 heterocycles. The highest BCUT2D eigenvalue weighted by atomic mass is 35.5. The van der Waals surface area contributed by atoms with E-state index in [1.807, 2.05) is 12.1 Å². The Morgan fingerprint density at radius 2 is 2.00 bits per heavy atom. The van der Waals surface area contributed by atoms with Crippen molar-refractivity contribution >= 4 is 34.8 Å². The molecule has 0 aromatic heterocycles. The van der Waals surface area contributed by atoms with Crippen LogP contribution in [0.4, 0.5) is 16.2 Å². The third-order valence-electron chi connectivity index (χ3n) is 3.93. The lowest BCUT2D eigenvalue weighted by atomic mass is 9.98. The molecule has 0 aliphatic carbocycles. The van der Waals surface area contributed by atoms with Gasteiger partial charge < -0.3 is 5.32 Å². The molecule has 0 unspecified atom stereocenters. The Balaban J connectivity index is 1.88. The van der Waals surface area contributed by atoms with Gasteiger partial charge in [-0.15, -0.1) is 0 Å². The molecular formula is C18H17ClN2O2. The highest BCUT2D eigenvalue weighted by molar-refractivity contribution is 6.30. The maximum Gasteiger partial charge on any atom is 0.326 e.